The van der Waals surface area contributed by atoms with Gasteiger partial charge in [0.25, 0.3) is 0 Å². The lowest BCUT2D eigenvalue weighted by atomic mass is 9.90. The maximum absolute atomic E-state index is 13.2. The van der Waals surface area contributed by atoms with E-state index in [4.69, 9.17) is 4.74 Å². The number of carbonyl (C=O) groups is 2. The van der Waals surface area contributed by atoms with Crippen molar-refractivity contribution in [1.29, 1.82) is 0 Å². The summed E-state index contributed by atoms with van der Waals surface area (Å²) in [4.78, 5) is 33.1. The normalized spacial score (nSPS) is 17.1. The van der Waals surface area contributed by atoms with Gasteiger partial charge in [-0.25, -0.2) is 4.98 Å². The van der Waals surface area contributed by atoms with Crippen LogP contribution in [0.2, 0.25) is 0 Å². The zero-order valence-corrected chi connectivity index (χ0v) is 15.7. The minimum absolute atomic E-state index is 0.0857. The SMILES string of the molecule is CCCCc1nc2c(n1CCN1CCOCC1)C(=O)c1ccccc1C2=O. The van der Waals surface area contributed by atoms with Crippen LogP contribution in [0.4, 0.5) is 0 Å². The first-order valence-corrected chi connectivity index (χ1v) is 9.78. The summed E-state index contributed by atoms with van der Waals surface area (Å²) in [7, 11) is 0. The fourth-order valence-corrected chi connectivity index (χ4v) is 3.85. The molecule has 142 valence electrons. The molecule has 1 aromatic carbocycles. The number of imidazole rings is 1. The Balaban J connectivity index is 1.69. The van der Waals surface area contributed by atoms with E-state index in [1.54, 1.807) is 24.3 Å². The molecule has 0 bridgehead atoms. The van der Waals surface area contributed by atoms with Crippen LogP contribution in [0.15, 0.2) is 24.3 Å². The number of rotatable bonds is 6. The Labute approximate surface area is 159 Å². The lowest BCUT2D eigenvalue weighted by Gasteiger charge is -2.27. The summed E-state index contributed by atoms with van der Waals surface area (Å²) in [6, 6.07) is 7.06. The third-order valence-corrected chi connectivity index (χ3v) is 5.39. The number of carbonyl (C=O) groups excluding carboxylic acids is 2. The van der Waals surface area contributed by atoms with E-state index < -0.39 is 0 Å². The lowest BCUT2D eigenvalue weighted by Crippen LogP contribution is -2.38. The molecular weight excluding hydrogens is 342 g/mol. The fourth-order valence-electron chi connectivity index (χ4n) is 3.85. The highest BCUT2D eigenvalue weighted by Crippen LogP contribution is 2.28. The molecule has 0 spiro atoms. The minimum atomic E-state index is -0.136. The van der Waals surface area contributed by atoms with Crippen LogP contribution >= 0.6 is 0 Å². The molecule has 1 aliphatic carbocycles. The smallest absolute Gasteiger partial charge is 0.214 e. The quantitative estimate of drug-likeness (QED) is 0.669. The van der Waals surface area contributed by atoms with Gasteiger partial charge in [-0.2, -0.15) is 0 Å². The van der Waals surface area contributed by atoms with Crippen LogP contribution in [0.25, 0.3) is 0 Å². The molecule has 2 heterocycles. The van der Waals surface area contributed by atoms with E-state index in [2.05, 4.69) is 16.8 Å². The standard InChI is InChI=1S/C21H25N3O3/c1-2-3-8-17-22-18-19(24(17)10-9-23-11-13-27-14-12-23)21(26)16-7-5-4-6-15(16)20(18)25/h4-7H,2-3,8-14H2,1H3. The van der Waals surface area contributed by atoms with E-state index in [9.17, 15) is 9.59 Å². The summed E-state index contributed by atoms with van der Waals surface area (Å²) < 4.78 is 7.41. The second-order valence-corrected chi connectivity index (χ2v) is 7.14. The number of ketones is 2. The van der Waals surface area contributed by atoms with Crippen LogP contribution in [0.1, 0.15) is 57.7 Å². The number of nitrogens with zero attached hydrogens (tertiary/aromatic N) is 3. The number of fused-ring (bicyclic) bond motifs is 2. The van der Waals surface area contributed by atoms with E-state index in [-0.39, 0.29) is 11.6 Å². The van der Waals surface area contributed by atoms with Crippen molar-refractivity contribution in [2.24, 2.45) is 0 Å². The molecule has 0 unspecified atom stereocenters. The highest BCUT2D eigenvalue weighted by Gasteiger charge is 2.35. The number of morpholine rings is 1. The summed E-state index contributed by atoms with van der Waals surface area (Å²) >= 11 is 0. The Morgan fingerprint density at radius 1 is 1.04 bits per heavy atom. The van der Waals surface area contributed by atoms with Gasteiger partial charge in [-0.1, -0.05) is 37.6 Å². The number of benzene rings is 1. The van der Waals surface area contributed by atoms with Crippen LogP contribution in [-0.4, -0.2) is 58.9 Å². The Hall–Kier alpha value is -2.31. The summed E-state index contributed by atoms with van der Waals surface area (Å²) in [5.41, 5.74) is 1.75. The molecule has 2 aliphatic rings. The van der Waals surface area contributed by atoms with Crippen LogP contribution in [-0.2, 0) is 17.7 Å². The minimum Gasteiger partial charge on any atom is -0.379 e. The van der Waals surface area contributed by atoms with Gasteiger partial charge in [0.05, 0.1) is 13.2 Å². The molecule has 1 saturated heterocycles. The Morgan fingerprint density at radius 3 is 2.44 bits per heavy atom. The van der Waals surface area contributed by atoms with Crippen LogP contribution in [0.3, 0.4) is 0 Å². The number of hydrogen-bond donors (Lipinski definition) is 0. The predicted molar refractivity (Wildman–Crippen MR) is 101 cm³/mol. The van der Waals surface area contributed by atoms with Crippen molar-refractivity contribution in [3.63, 3.8) is 0 Å². The number of unbranched alkanes of at least 4 members (excludes halogenated alkanes) is 1. The fraction of sp³-hybridized carbons (Fsp3) is 0.476. The van der Waals surface area contributed by atoms with Crippen LogP contribution in [0, 0.1) is 0 Å². The average molecular weight is 367 g/mol. The molecule has 0 radical (unpaired) electrons. The molecule has 0 N–H and O–H groups in total. The van der Waals surface area contributed by atoms with Crippen molar-refractivity contribution < 1.29 is 14.3 Å². The highest BCUT2D eigenvalue weighted by atomic mass is 16.5. The third kappa shape index (κ3) is 3.35. The zero-order chi connectivity index (χ0) is 18.8. The number of aryl methyl sites for hydroxylation is 1. The Bertz CT molecular complexity index is 866. The molecule has 6 nitrogen and oxygen atoms in total. The first-order valence-electron chi connectivity index (χ1n) is 9.78. The molecule has 1 aliphatic heterocycles. The molecule has 1 fully saturated rings. The maximum Gasteiger partial charge on any atom is 0.214 e. The predicted octanol–water partition coefficient (Wildman–Crippen LogP) is 2.33. The zero-order valence-electron chi connectivity index (χ0n) is 15.7. The van der Waals surface area contributed by atoms with Gasteiger partial charge < -0.3 is 9.30 Å². The molecule has 4 rings (SSSR count). The van der Waals surface area contributed by atoms with Crippen LogP contribution in [0.5, 0.6) is 0 Å². The molecule has 1 aromatic heterocycles. The van der Waals surface area contributed by atoms with E-state index in [0.29, 0.717) is 29.1 Å². The van der Waals surface area contributed by atoms with Crippen molar-refractivity contribution in [2.75, 3.05) is 32.8 Å². The highest BCUT2D eigenvalue weighted by molar-refractivity contribution is 6.27. The van der Waals surface area contributed by atoms with Crippen molar-refractivity contribution in [2.45, 2.75) is 32.7 Å². The maximum atomic E-state index is 13.2. The van der Waals surface area contributed by atoms with Gasteiger partial charge in [0, 0.05) is 43.7 Å². The summed E-state index contributed by atoms with van der Waals surface area (Å²) in [6.45, 7) is 6.92. The van der Waals surface area contributed by atoms with Crippen LogP contribution < -0.4 is 0 Å². The molecule has 0 atom stereocenters. The van der Waals surface area contributed by atoms with E-state index in [1.807, 2.05) is 4.57 Å². The second-order valence-electron chi connectivity index (χ2n) is 7.14. The second kappa shape index (κ2) is 7.74. The van der Waals surface area contributed by atoms with E-state index in [1.165, 1.54) is 0 Å². The first-order chi connectivity index (χ1) is 13.2. The average Bonchev–Trinajstić information content (AvgIpc) is 3.08. The van der Waals surface area contributed by atoms with Crippen molar-refractivity contribution in [1.82, 2.24) is 14.5 Å². The number of ether oxygens (including phenoxy) is 1. The Kier molecular flexibility index (Phi) is 5.18. The van der Waals surface area contributed by atoms with Gasteiger partial charge in [0.15, 0.2) is 0 Å². The lowest BCUT2D eigenvalue weighted by molar-refractivity contribution is 0.0362. The van der Waals surface area contributed by atoms with Gasteiger partial charge in [0.1, 0.15) is 17.2 Å². The monoisotopic (exact) mass is 367 g/mol. The summed E-state index contributed by atoms with van der Waals surface area (Å²) in [6.07, 6.45) is 2.81. The first kappa shape index (κ1) is 18.1. The van der Waals surface area contributed by atoms with Crippen molar-refractivity contribution in [3.05, 3.63) is 52.6 Å². The summed E-state index contributed by atoms with van der Waals surface area (Å²) in [5, 5.41) is 0. The topological polar surface area (TPSA) is 64.4 Å². The van der Waals surface area contributed by atoms with E-state index >= 15 is 0 Å². The van der Waals surface area contributed by atoms with Gasteiger partial charge in [-0.3, -0.25) is 14.5 Å². The number of aromatic nitrogens is 2. The van der Waals surface area contributed by atoms with Crippen molar-refractivity contribution >= 4 is 11.6 Å². The Morgan fingerprint density at radius 2 is 1.74 bits per heavy atom. The molecule has 0 saturated carbocycles. The third-order valence-electron chi connectivity index (χ3n) is 5.39. The van der Waals surface area contributed by atoms with Crippen molar-refractivity contribution in [3.8, 4) is 0 Å². The van der Waals surface area contributed by atoms with Gasteiger partial charge in [-0.15, -0.1) is 0 Å². The molecule has 2 aromatic rings. The molecule has 0 amide bonds. The molecule has 27 heavy (non-hydrogen) atoms. The van der Waals surface area contributed by atoms with Gasteiger partial charge in [-0.05, 0) is 6.42 Å². The molecular formula is C21H25N3O3. The summed E-state index contributed by atoms with van der Waals surface area (Å²) in [5.74, 6) is 0.630. The van der Waals surface area contributed by atoms with Gasteiger partial charge >= 0.3 is 0 Å². The van der Waals surface area contributed by atoms with E-state index in [0.717, 1.165) is 57.9 Å². The largest absolute Gasteiger partial charge is 0.379 e. The van der Waals surface area contributed by atoms with Gasteiger partial charge in [0.2, 0.25) is 11.6 Å². The number of hydrogen-bond acceptors (Lipinski definition) is 5. The molecule has 6 heteroatoms.